The minimum atomic E-state index is -0.861. The summed E-state index contributed by atoms with van der Waals surface area (Å²) in [4.78, 5) is 13.9. The van der Waals surface area contributed by atoms with E-state index in [9.17, 15) is 9.90 Å². The Bertz CT molecular complexity index is 601. The van der Waals surface area contributed by atoms with Crippen LogP contribution in [0.4, 0.5) is 0 Å². The van der Waals surface area contributed by atoms with E-state index in [1.807, 2.05) is 24.4 Å². The van der Waals surface area contributed by atoms with Crippen molar-refractivity contribution in [3.05, 3.63) is 41.6 Å². The molecule has 2 heterocycles. The summed E-state index contributed by atoms with van der Waals surface area (Å²) in [7, 11) is 1.80. The van der Waals surface area contributed by atoms with E-state index in [4.69, 9.17) is 0 Å². The maximum Gasteiger partial charge on any atom is 0.244 e. The molecule has 0 radical (unpaired) electrons. The van der Waals surface area contributed by atoms with Crippen LogP contribution in [0.3, 0.4) is 0 Å². The predicted octanol–water partition coefficient (Wildman–Crippen LogP) is 1.70. The summed E-state index contributed by atoms with van der Waals surface area (Å²) in [5.41, 5.74) is 2.30. The first-order chi connectivity index (χ1) is 9.88. The van der Waals surface area contributed by atoms with E-state index in [0.717, 1.165) is 24.1 Å². The molecular formula is C17H22N2O2. The molecule has 4 nitrogen and oxygen atoms in total. The summed E-state index contributed by atoms with van der Waals surface area (Å²) < 4.78 is 0. The molecule has 0 aromatic heterocycles. The third-order valence-electron chi connectivity index (χ3n) is 4.47. The third-order valence-corrected chi connectivity index (χ3v) is 4.47. The standard InChI is InChI=1S/C17H22N2O2/c1-17(2,21)12-6-4-5-11(9-12)14-10-19(3)16(20)15-13(14)7-8-18-15/h4-6,9-10,13,15,18,21H,7-8H2,1-3H3. The van der Waals surface area contributed by atoms with Crippen molar-refractivity contribution in [2.24, 2.45) is 5.92 Å². The van der Waals surface area contributed by atoms with Crippen LogP contribution >= 0.6 is 0 Å². The van der Waals surface area contributed by atoms with Crippen molar-refractivity contribution in [1.29, 1.82) is 0 Å². The van der Waals surface area contributed by atoms with Crippen molar-refractivity contribution in [2.75, 3.05) is 13.6 Å². The number of aliphatic hydroxyl groups is 1. The van der Waals surface area contributed by atoms with Gasteiger partial charge in [0.1, 0.15) is 0 Å². The van der Waals surface area contributed by atoms with E-state index < -0.39 is 5.60 Å². The number of likely N-dealkylation sites (N-methyl/N-ethyl adjacent to an activating group) is 1. The summed E-state index contributed by atoms with van der Waals surface area (Å²) >= 11 is 0. The molecule has 2 N–H and O–H groups in total. The fourth-order valence-corrected chi connectivity index (χ4v) is 3.25. The molecule has 21 heavy (non-hydrogen) atoms. The fraction of sp³-hybridized carbons (Fsp3) is 0.471. The van der Waals surface area contributed by atoms with E-state index in [1.165, 1.54) is 5.57 Å². The monoisotopic (exact) mass is 286 g/mol. The van der Waals surface area contributed by atoms with Gasteiger partial charge in [0, 0.05) is 19.2 Å². The SMILES string of the molecule is CN1C=C(c2cccc(C(C)(C)O)c2)C2CCNC2C1=O. The van der Waals surface area contributed by atoms with Gasteiger partial charge in [-0.2, -0.15) is 0 Å². The van der Waals surface area contributed by atoms with Crippen molar-refractivity contribution in [3.63, 3.8) is 0 Å². The minimum absolute atomic E-state index is 0.110. The second kappa shape index (κ2) is 4.97. The minimum Gasteiger partial charge on any atom is -0.386 e. The van der Waals surface area contributed by atoms with Gasteiger partial charge in [-0.05, 0) is 49.6 Å². The second-order valence-electron chi connectivity index (χ2n) is 6.50. The predicted molar refractivity (Wildman–Crippen MR) is 82.3 cm³/mol. The summed E-state index contributed by atoms with van der Waals surface area (Å²) in [5.74, 6) is 0.366. The molecule has 2 aliphatic rings. The Morgan fingerprint density at radius 2 is 2.14 bits per heavy atom. The van der Waals surface area contributed by atoms with Gasteiger partial charge in [-0.15, -0.1) is 0 Å². The first-order valence-corrected chi connectivity index (χ1v) is 7.43. The molecule has 112 valence electrons. The number of benzene rings is 1. The Morgan fingerprint density at radius 1 is 1.38 bits per heavy atom. The largest absolute Gasteiger partial charge is 0.386 e. The average Bonchev–Trinajstić information content (AvgIpc) is 2.91. The number of amides is 1. The summed E-state index contributed by atoms with van der Waals surface area (Å²) in [6.45, 7) is 4.45. The summed E-state index contributed by atoms with van der Waals surface area (Å²) in [5, 5.41) is 13.5. The van der Waals surface area contributed by atoms with E-state index >= 15 is 0 Å². The summed E-state index contributed by atoms with van der Waals surface area (Å²) in [6, 6.07) is 7.88. The number of hydrogen-bond acceptors (Lipinski definition) is 3. The number of nitrogens with one attached hydrogen (secondary N) is 1. The van der Waals surface area contributed by atoms with Gasteiger partial charge >= 0.3 is 0 Å². The quantitative estimate of drug-likeness (QED) is 0.870. The molecule has 3 rings (SSSR count). The van der Waals surface area contributed by atoms with Crippen molar-refractivity contribution in [2.45, 2.75) is 31.9 Å². The molecule has 0 spiro atoms. The van der Waals surface area contributed by atoms with Crippen molar-refractivity contribution in [1.82, 2.24) is 10.2 Å². The molecule has 1 aromatic rings. The van der Waals surface area contributed by atoms with Crippen molar-refractivity contribution < 1.29 is 9.90 Å². The highest BCUT2D eigenvalue weighted by molar-refractivity contribution is 5.90. The molecule has 2 aliphatic heterocycles. The fourth-order valence-electron chi connectivity index (χ4n) is 3.25. The van der Waals surface area contributed by atoms with Gasteiger partial charge < -0.3 is 15.3 Å². The Balaban J connectivity index is 2.03. The van der Waals surface area contributed by atoms with E-state index in [1.54, 1.807) is 25.8 Å². The second-order valence-corrected chi connectivity index (χ2v) is 6.50. The Hall–Kier alpha value is -1.65. The molecular weight excluding hydrogens is 264 g/mol. The average molecular weight is 286 g/mol. The van der Waals surface area contributed by atoms with E-state index in [0.29, 0.717) is 0 Å². The van der Waals surface area contributed by atoms with Crippen LogP contribution in [-0.2, 0) is 10.4 Å². The van der Waals surface area contributed by atoms with Crippen molar-refractivity contribution in [3.8, 4) is 0 Å². The van der Waals surface area contributed by atoms with Crippen LogP contribution in [0, 0.1) is 5.92 Å². The van der Waals surface area contributed by atoms with Crippen LogP contribution in [-0.4, -0.2) is 35.5 Å². The molecule has 4 heteroatoms. The van der Waals surface area contributed by atoms with Crippen LogP contribution in [0.1, 0.15) is 31.4 Å². The number of fused-ring (bicyclic) bond motifs is 1. The highest BCUT2D eigenvalue weighted by Crippen LogP contribution is 2.37. The number of rotatable bonds is 2. The normalized spacial score (nSPS) is 25.8. The number of nitrogens with zero attached hydrogens (tertiary/aromatic N) is 1. The smallest absolute Gasteiger partial charge is 0.244 e. The van der Waals surface area contributed by atoms with E-state index in [2.05, 4.69) is 11.4 Å². The lowest BCUT2D eigenvalue weighted by Gasteiger charge is -2.32. The van der Waals surface area contributed by atoms with Gasteiger partial charge in [0.05, 0.1) is 11.6 Å². The highest BCUT2D eigenvalue weighted by Gasteiger charge is 2.40. The third kappa shape index (κ3) is 2.49. The zero-order valence-corrected chi connectivity index (χ0v) is 12.8. The molecule has 2 atom stereocenters. The first-order valence-electron chi connectivity index (χ1n) is 7.43. The highest BCUT2D eigenvalue weighted by atomic mass is 16.3. The van der Waals surface area contributed by atoms with Crippen LogP contribution in [0.15, 0.2) is 30.5 Å². The van der Waals surface area contributed by atoms with Gasteiger partial charge in [-0.25, -0.2) is 0 Å². The maximum absolute atomic E-state index is 12.2. The number of hydrogen-bond donors (Lipinski definition) is 2. The zero-order valence-electron chi connectivity index (χ0n) is 12.8. The maximum atomic E-state index is 12.2. The molecule has 0 aliphatic carbocycles. The number of carbonyl (C=O) groups excluding carboxylic acids is 1. The molecule has 2 unspecified atom stereocenters. The lowest BCUT2D eigenvalue weighted by atomic mass is 9.83. The zero-order chi connectivity index (χ0) is 15.2. The molecule has 1 amide bonds. The summed E-state index contributed by atoms with van der Waals surface area (Å²) in [6.07, 6.45) is 2.92. The van der Waals surface area contributed by atoms with Gasteiger partial charge in [0.25, 0.3) is 0 Å². The topological polar surface area (TPSA) is 52.6 Å². The van der Waals surface area contributed by atoms with Crippen LogP contribution in [0.5, 0.6) is 0 Å². The van der Waals surface area contributed by atoms with E-state index in [-0.39, 0.29) is 17.9 Å². The van der Waals surface area contributed by atoms with Gasteiger partial charge in [-0.1, -0.05) is 18.2 Å². The Morgan fingerprint density at radius 3 is 2.86 bits per heavy atom. The Labute approximate surface area is 125 Å². The van der Waals surface area contributed by atoms with Crippen molar-refractivity contribution >= 4 is 11.5 Å². The van der Waals surface area contributed by atoms with Crippen LogP contribution in [0.25, 0.3) is 5.57 Å². The molecule has 1 saturated heterocycles. The van der Waals surface area contributed by atoms with Gasteiger partial charge in [-0.3, -0.25) is 4.79 Å². The molecule has 0 bridgehead atoms. The lowest BCUT2D eigenvalue weighted by molar-refractivity contribution is -0.130. The molecule has 0 saturated carbocycles. The molecule has 1 aromatic carbocycles. The lowest BCUT2D eigenvalue weighted by Crippen LogP contribution is -2.46. The van der Waals surface area contributed by atoms with Gasteiger partial charge in [0.2, 0.25) is 5.91 Å². The van der Waals surface area contributed by atoms with Gasteiger partial charge in [0.15, 0.2) is 0 Å². The Kier molecular flexibility index (Phi) is 3.38. The molecule has 1 fully saturated rings. The first kappa shape index (κ1) is 14.3. The van der Waals surface area contributed by atoms with Crippen LogP contribution in [0.2, 0.25) is 0 Å². The van der Waals surface area contributed by atoms with Crippen LogP contribution < -0.4 is 5.32 Å². The number of carbonyl (C=O) groups is 1.